The number of anilines is 1. The van der Waals surface area contributed by atoms with Crippen LogP contribution in [-0.2, 0) is 25.7 Å². The fourth-order valence-corrected chi connectivity index (χ4v) is 9.68. The van der Waals surface area contributed by atoms with E-state index in [2.05, 4.69) is 6.92 Å². The quantitative estimate of drug-likeness (QED) is 0.406. The van der Waals surface area contributed by atoms with E-state index in [4.69, 9.17) is 19.9 Å². The molecule has 3 saturated carbocycles. The first-order valence-electron chi connectivity index (χ1n) is 15.7. The van der Waals surface area contributed by atoms with Crippen LogP contribution in [0.2, 0.25) is 0 Å². The van der Waals surface area contributed by atoms with Gasteiger partial charge in [-0.3, -0.25) is 9.59 Å². The van der Waals surface area contributed by atoms with E-state index in [1.165, 1.54) is 0 Å². The smallest absolute Gasteiger partial charge is 0.193 e. The summed E-state index contributed by atoms with van der Waals surface area (Å²) >= 11 is 0. The van der Waals surface area contributed by atoms with Gasteiger partial charge in [0.15, 0.2) is 23.5 Å². The molecule has 8 heteroatoms. The minimum atomic E-state index is -1.40. The molecule has 8 nitrogen and oxygen atoms in total. The zero-order chi connectivity index (χ0) is 31.0. The molecule has 44 heavy (non-hydrogen) atoms. The maximum absolute atomic E-state index is 13.8. The number of fused-ring (bicyclic) bond motifs is 7. The van der Waals surface area contributed by atoms with Crippen LogP contribution in [0.3, 0.4) is 0 Å². The lowest BCUT2D eigenvalue weighted by Gasteiger charge is -2.59. The Hall–Kier alpha value is -3.30. The van der Waals surface area contributed by atoms with Crippen molar-refractivity contribution in [2.75, 3.05) is 12.3 Å². The molecule has 1 saturated heterocycles. The van der Waals surface area contributed by atoms with Gasteiger partial charge in [-0.2, -0.15) is 0 Å². The standard InChI is InChI=1S/C36H41NO7/c1-20-11-22(14-26(12-20)42-19-21-5-4-6-24(37)13-21)33-43-31-16-28-27-8-7-23-15-25(39)9-10-34(23,2)32(27)29(40)17-35(28,3)36(31,44-33)30(41)18-38/h4-6,9-15,27-29,31-33,38,40H,7-8,16-19,37H2,1-3H3/t27-,28?,29-,31+,32?,33+,34-,35-,36+/m0/s1. The number of aliphatic hydroxyl groups excluding tert-OH is 2. The number of nitrogen functional groups attached to an aromatic ring is 1. The first-order valence-corrected chi connectivity index (χ1v) is 15.7. The van der Waals surface area contributed by atoms with E-state index in [1.54, 1.807) is 12.2 Å². The van der Waals surface area contributed by atoms with Crippen molar-refractivity contribution in [2.45, 2.75) is 77.2 Å². The lowest BCUT2D eigenvalue weighted by Crippen LogP contribution is -2.63. The van der Waals surface area contributed by atoms with Crippen LogP contribution in [0, 0.1) is 35.5 Å². The summed E-state index contributed by atoms with van der Waals surface area (Å²) in [6.45, 7) is 5.81. The third-order valence-electron chi connectivity index (χ3n) is 11.5. The molecule has 1 aliphatic heterocycles. The molecule has 232 valence electrons. The molecule has 0 aromatic heterocycles. The van der Waals surface area contributed by atoms with Crippen molar-refractivity contribution in [3.63, 3.8) is 0 Å². The van der Waals surface area contributed by atoms with Gasteiger partial charge in [-0.05, 0) is 92.0 Å². The van der Waals surface area contributed by atoms with Gasteiger partial charge in [0.1, 0.15) is 19.0 Å². The van der Waals surface area contributed by atoms with Crippen molar-refractivity contribution in [1.82, 2.24) is 0 Å². The highest BCUT2D eigenvalue weighted by molar-refractivity contribution is 6.01. The summed E-state index contributed by atoms with van der Waals surface area (Å²) in [6.07, 6.45) is 5.73. The molecule has 2 aromatic rings. The van der Waals surface area contributed by atoms with E-state index in [0.717, 1.165) is 35.1 Å². The van der Waals surface area contributed by atoms with Crippen LogP contribution < -0.4 is 10.5 Å². The van der Waals surface area contributed by atoms with Crippen molar-refractivity contribution < 1.29 is 34.0 Å². The number of carbonyl (C=O) groups is 2. The van der Waals surface area contributed by atoms with Gasteiger partial charge in [0, 0.05) is 28.0 Å². The van der Waals surface area contributed by atoms with Crippen LogP contribution in [0.15, 0.2) is 66.3 Å². The highest BCUT2D eigenvalue weighted by atomic mass is 16.7. The molecule has 9 atom stereocenters. The van der Waals surface area contributed by atoms with Crippen molar-refractivity contribution in [3.05, 3.63) is 83.0 Å². The maximum Gasteiger partial charge on any atom is 0.193 e. The van der Waals surface area contributed by atoms with Crippen LogP contribution in [0.1, 0.15) is 62.5 Å². The van der Waals surface area contributed by atoms with Gasteiger partial charge in [0.25, 0.3) is 0 Å². The van der Waals surface area contributed by atoms with Crippen molar-refractivity contribution in [2.24, 2.45) is 28.6 Å². The van der Waals surface area contributed by atoms with Crippen LogP contribution in [-0.4, -0.2) is 46.2 Å². The number of hydrogen-bond acceptors (Lipinski definition) is 8. The summed E-state index contributed by atoms with van der Waals surface area (Å²) in [5.74, 6) is 0.296. The fourth-order valence-electron chi connectivity index (χ4n) is 9.68. The molecule has 0 bridgehead atoms. The molecule has 0 radical (unpaired) electrons. The van der Waals surface area contributed by atoms with Crippen LogP contribution in [0.4, 0.5) is 5.69 Å². The fraction of sp³-hybridized carbons (Fsp3) is 0.500. The predicted octanol–water partition coefficient (Wildman–Crippen LogP) is 4.76. The van der Waals surface area contributed by atoms with Crippen LogP contribution in [0.25, 0.3) is 0 Å². The van der Waals surface area contributed by atoms with Gasteiger partial charge in [-0.1, -0.05) is 43.7 Å². The topological polar surface area (TPSA) is 128 Å². The van der Waals surface area contributed by atoms with Gasteiger partial charge in [0.2, 0.25) is 0 Å². The highest BCUT2D eigenvalue weighted by Gasteiger charge is 2.75. The Morgan fingerprint density at radius 2 is 2.00 bits per heavy atom. The number of aliphatic hydroxyl groups is 2. The number of ketones is 2. The van der Waals surface area contributed by atoms with Crippen LogP contribution >= 0.6 is 0 Å². The Bertz CT molecular complexity index is 1580. The second kappa shape index (κ2) is 10.4. The monoisotopic (exact) mass is 599 g/mol. The molecular weight excluding hydrogens is 558 g/mol. The number of rotatable bonds is 6. The lowest BCUT2D eigenvalue weighted by molar-refractivity contribution is -0.201. The molecule has 4 fully saturated rings. The molecule has 7 rings (SSSR count). The summed E-state index contributed by atoms with van der Waals surface area (Å²) in [7, 11) is 0. The molecule has 0 amide bonds. The molecule has 4 N–H and O–H groups in total. The average molecular weight is 600 g/mol. The first-order chi connectivity index (χ1) is 21.0. The van der Waals surface area contributed by atoms with Gasteiger partial charge in [-0.25, -0.2) is 0 Å². The SMILES string of the molecule is Cc1cc(OCc2cccc(N)c2)cc([C@@H]2O[C@@H]3CC4[C@@H]5CCC6=CC(=O)C=C[C@]6(C)C5[C@@H](O)C[C@]4(C)[C@]3(C(=O)CO)O2)c1. The number of carbonyl (C=O) groups excluding carboxylic acids is 2. The van der Waals surface area contributed by atoms with E-state index in [9.17, 15) is 19.8 Å². The molecule has 1 heterocycles. The zero-order valence-corrected chi connectivity index (χ0v) is 25.5. The van der Waals surface area contributed by atoms with E-state index in [0.29, 0.717) is 30.9 Å². The molecule has 0 spiro atoms. The second-order valence-electron chi connectivity index (χ2n) is 14.0. The predicted molar refractivity (Wildman–Crippen MR) is 163 cm³/mol. The van der Waals surface area contributed by atoms with Crippen LogP contribution in [0.5, 0.6) is 5.75 Å². The minimum absolute atomic E-state index is 0.00346. The Morgan fingerprint density at radius 3 is 2.77 bits per heavy atom. The number of hydrogen-bond donors (Lipinski definition) is 3. The minimum Gasteiger partial charge on any atom is -0.489 e. The van der Waals surface area contributed by atoms with E-state index in [1.807, 2.05) is 62.4 Å². The number of aryl methyl sites for hydroxylation is 1. The molecule has 2 aromatic carbocycles. The second-order valence-corrected chi connectivity index (χ2v) is 14.0. The molecular formula is C36H41NO7. The largest absolute Gasteiger partial charge is 0.489 e. The van der Waals surface area contributed by atoms with Gasteiger partial charge >= 0.3 is 0 Å². The summed E-state index contributed by atoms with van der Waals surface area (Å²) in [4.78, 5) is 26.0. The van der Waals surface area contributed by atoms with Crippen molar-refractivity contribution in [1.29, 1.82) is 0 Å². The highest BCUT2D eigenvalue weighted by Crippen LogP contribution is 2.70. The van der Waals surface area contributed by atoms with Gasteiger partial charge in [-0.15, -0.1) is 0 Å². The maximum atomic E-state index is 13.8. The Balaban J connectivity index is 1.19. The van der Waals surface area contributed by atoms with Gasteiger partial charge < -0.3 is 30.2 Å². The van der Waals surface area contributed by atoms with E-state index < -0.39 is 47.3 Å². The number of allylic oxidation sites excluding steroid dienone is 4. The first kappa shape index (κ1) is 29.4. The number of Topliss-reactive ketones (excluding diaryl/α,β-unsaturated/α-hetero) is 1. The normalized spacial score (nSPS) is 38.8. The Morgan fingerprint density at radius 1 is 1.18 bits per heavy atom. The van der Waals surface area contributed by atoms with Crippen molar-refractivity contribution >= 4 is 17.3 Å². The summed E-state index contributed by atoms with van der Waals surface area (Å²) < 4.78 is 19.5. The van der Waals surface area contributed by atoms with Gasteiger partial charge in [0.05, 0.1) is 12.2 Å². The summed E-state index contributed by atoms with van der Waals surface area (Å²) in [6, 6.07) is 13.3. The number of benzene rings is 2. The molecule has 5 aliphatic rings. The number of ether oxygens (including phenoxy) is 3. The van der Waals surface area contributed by atoms with E-state index >= 15 is 0 Å². The molecule has 4 aliphatic carbocycles. The lowest BCUT2D eigenvalue weighted by atomic mass is 9.46. The van der Waals surface area contributed by atoms with Crippen molar-refractivity contribution in [3.8, 4) is 5.75 Å². The Labute approximate surface area is 257 Å². The summed E-state index contributed by atoms with van der Waals surface area (Å²) in [5.41, 5.74) is 7.74. The summed E-state index contributed by atoms with van der Waals surface area (Å²) in [5, 5.41) is 22.1. The molecule has 2 unspecified atom stereocenters. The van der Waals surface area contributed by atoms with E-state index in [-0.39, 0.29) is 23.5 Å². The average Bonchev–Trinajstić information content (AvgIpc) is 3.49. The third kappa shape index (κ3) is 4.25. The Kier molecular flexibility index (Phi) is 6.94. The third-order valence-corrected chi connectivity index (χ3v) is 11.5. The zero-order valence-electron chi connectivity index (χ0n) is 25.5. The number of nitrogens with two attached hydrogens (primary N) is 1.